The zero-order valence-electron chi connectivity index (χ0n) is 22.5. The van der Waals surface area contributed by atoms with Crippen LogP contribution in [0.1, 0.15) is 96.7 Å². The zero-order chi connectivity index (χ0) is 23.4. The molecular weight excluding hydrogens is 376 g/mol. The number of hydrogen-bond donors (Lipinski definition) is 0. The molecule has 2 nitrogen and oxygen atoms in total. The van der Waals surface area contributed by atoms with Gasteiger partial charge >= 0.3 is 0 Å². The first kappa shape index (κ1) is 26.4. The van der Waals surface area contributed by atoms with Gasteiger partial charge in [0.15, 0.2) is 0 Å². The third-order valence-corrected chi connectivity index (χ3v) is 7.68. The average molecular weight is 429 g/mol. The maximum atomic E-state index is 2.51. The Balaban J connectivity index is 1.97. The van der Waals surface area contributed by atoms with Crippen molar-refractivity contribution in [2.24, 2.45) is 22.7 Å². The Kier molecular flexibility index (Phi) is 9.23. The fourth-order valence-corrected chi connectivity index (χ4v) is 6.10. The normalized spacial score (nSPS) is 22.7. The maximum Gasteiger partial charge on any atom is 0.0349 e. The molecule has 1 aliphatic rings. The fraction of sp³-hybridized carbons (Fsp3) is 0.793. The molecule has 0 amide bonds. The SMILES string of the molecule is Cc1ccccc1C(CC(C)(C)CC1CCC(C(CC(C)(C)C)N(C)C)CC1)N(C)C. The van der Waals surface area contributed by atoms with Gasteiger partial charge in [0, 0.05) is 12.1 Å². The van der Waals surface area contributed by atoms with Crippen LogP contribution in [0.2, 0.25) is 0 Å². The molecule has 0 N–H and O–H groups in total. The molecule has 2 atom stereocenters. The van der Waals surface area contributed by atoms with Crippen molar-refractivity contribution in [3.05, 3.63) is 35.4 Å². The van der Waals surface area contributed by atoms with Crippen LogP contribution in [0.5, 0.6) is 0 Å². The van der Waals surface area contributed by atoms with Gasteiger partial charge in [0.05, 0.1) is 0 Å². The minimum absolute atomic E-state index is 0.362. The predicted molar refractivity (Wildman–Crippen MR) is 138 cm³/mol. The van der Waals surface area contributed by atoms with Gasteiger partial charge in [0.25, 0.3) is 0 Å². The summed E-state index contributed by atoms with van der Waals surface area (Å²) in [6.07, 6.45) is 9.56. The van der Waals surface area contributed by atoms with E-state index in [4.69, 9.17) is 0 Å². The molecule has 0 saturated heterocycles. The number of rotatable bonds is 9. The predicted octanol–water partition coefficient (Wildman–Crippen LogP) is 7.58. The molecule has 1 aromatic carbocycles. The van der Waals surface area contributed by atoms with Gasteiger partial charge in [0.1, 0.15) is 0 Å². The van der Waals surface area contributed by atoms with Crippen LogP contribution in [0.4, 0.5) is 0 Å². The Morgan fingerprint density at radius 1 is 0.839 bits per heavy atom. The quantitative estimate of drug-likeness (QED) is 0.400. The van der Waals surface area contributed by atoms with Crippen LogP contribution in [-0.4, -0.2) is 44.0 Å². The Labute approximate surface area is 194 Å². The summed E-state index contributed by atoms with van der Waals surface area (Å²) in [5.41, 5.74) is 3.69. The van der Waals surface area contributed by atoms with Gasteiger partial charge in [-0.3, -0.25) is 0 Å². The minimum Gasteiger partial charge on any atom is -0.306 e. The second-order valence-corrected chi connectivity index (χ2v) is 13.0. The van der Waals surface area contributed by atoms with Crippen molar-refractivity contribution in [2.45, 2.75) is 98.6 Å². The van der Waals surface area contributed by atoms with Crippen LogP contribution in [0.3, 0.4) is 0 Å². The zero-order valence-corrected chi connectivity index (χ0v) is 22.5. The molecule has 2 rings (SSSR count). The topological polar surface area (TPSA) is 6.48 Å². The van der Waals surface area contributed by atoms with Gasteiger partial charge in [0.2, 0.25) is 0 Å². The molecule has 0 heterocycles. The van der Waals surface area contributed by atoms with E-state index in [9.17, 15) is 0 Å². The molecule has 0 aromatic heterocycles. The van der Waals surface area contributed by atoms with E-state index in [1.165, 1.54) is 56.1 Å². The summed E-state index contributed by atoms with van der Waals surface area (Å²) in [4.78, 5) is 4.93. The molecule has 1 aliphatic carbocycles. The molecule has 0 aliphatic heterocycles. The van der Waals surface area contributed by atoms with E-state index >= 15 is 0 Å². The summed E-state index contributed by atoms with van der Waals surface area (Å²) in [5, 5.41) is 0. The van der Waals surface area contributed by atoms with Gasteiger partial charge in [-0.25, -0.2) is 0 Å². The van der Waals surface area contributed by atoms with Crippen LogP contribution < -0.4 is 0 Å². The van der Waals surface area contributed by atoms with Crippen molar-refractivity contribution in [2.75, 3.05) is 28.2 Å². The van der Waals surface area contributed by atoms with E-state index in [2.05, 4.69) is 104 Å². The highest BCUT2D eigenvalue weighted by Gasteiger charge is 2.34. The van der Waals surface area contributed by atoms with Crippen LogP contribution >= 0.6 is 0 Å². The lowest BCUT2D eigenvalue weighted by atomic mass is 9.68. The average Bonchev–Trinajstić information content (AvgIpc) is 2.64. The van der Waals surface area contributed by atoms with Crippen molar-refractivity contribution in [1.82, 2.24) is 9.80 Å². The van der Waals surface area contributed by atoms with Crippen molar-refractivity contribution in [3.8, 4) is 0 Å². The molecule has 2 unspecified atom stereocenters. The highest BCUT2D eigenvalue weighted by atomic mass is 15.1. The Morgan fingerprint density at radius 3 is 1.90 bits per heavy atom. The molecule has 0 spiro atoms. The third kappa shape index (κ3) is 8.21. The Bertz CT molecular complexity index is 660. The van der Waals surface area contributed by atoms with Crippen LogP contribution in [-0.2, 0) is 0 Å². The number of hydrogen-bond acceptors (Lipinski definition) is 2. The number of aryl methyl sites for hydroxylation is 1. The minimum atomic E-state index is 0.362. The first-order valence-corrected chi connectivity index (χ1v) is 12.7. The van der Waals surface area contributed by atoms with E-state index < -0.39 is 0 Å². The molecular formula is C29H52N2. The standard InChI is InChI=1S/C29H52N2/c1-22-13-11-12-14-25(22)27(31(9)10)21-29(5,6)19-23-15-17-24(18-16-23)26(30(7)8)20-28(2,3)4/h11-14,23-24,26-27H,15-21H2,1-10H3. The monoisotopic (exact) mass is 428 g/mol. The molecule has 0 bridgehead atoms. The fourth-order valence-electron chi connectivity index (χ4n) is 6.10. The second-order valence-electron chi connectivity index (χ2n) is 13.0. The van der Waals surface area contributed by atoms with Crippen LogP contribution in [0.15, 0.2) is 24.3 Å². The lowest BCUT2D eigenvalue weighted by Crippen LogP contribution is -2.40. The lowest BCUT2D eigenvalue weighted by Gasteiger charge is -2.42. The summed E-state index contributed by atoms with van der Waals surface area (Å²) in [5.74, 6) is 1.76. The third-order valence-electron chi connectivity index (χ3n) is 7.68. The van der Waals surface area contributed by atoms with E-state index in [0.717, 1.165) is 17.9 Å². The molecule has 1 fully saturated rings. The smallest absolute Gasteiger partial charge is 0.0349 e. The first-order chi connectivity index (χ1) is 14.3. The van der Waals surface area contributed by atoms with Gasteiger partial charge in [-0.2, -0.15) is 0 Å². The van der Waals surface area contributed by atoms with Crippen LogP contribution in [0.25, 0.3) is 0 Å². The lowest BCUT2D eigenvalue weighted by molar-refractivity contribution is 0.0917. The van der Waals surface area contributed by atoms with E-state index in [-0.39, 0.29) is 0 Å². The maximum absolute atomic E-state index is 2.51. The van der Waals surface area contributed by atoms with Crippen molar-refractivity contribution in [1.29, 1.82) is 0 Å². The summed E-state index contributed by atoms with van der Waals surface area (Å²) in [6.45, 7) is 14.5. The highest BCUT2D eigenvalue weighted by molar-refractivity contribution is 5.29. The molecule has 1 saturated carbocycles. The summed E-state index contributed by atoms with van der Waals surface area (Å²) in [7, 11) is 9.07. The number of nitrogens with zero attached hydrogens (tertiary/aromatic N) is 2. The van der Waals surface area contributed by atoms with Gasteiger partial charge in [-0.15, -0.1) is 0 Å². The van der Waals surface area contributed by atoms with E-state index in [0.29, 0.717) is 16.9 Å². The molecule has 0 radical (unpaired) electrons. The van der Waals surface area contributed by atoms with Crippen molar-refractivity contribution < 1.29 is 0 Å². The largest absolute Gasteiger partial charge is 0.306 e. The first-order valence-electron chi connectivity index (χ1n) is 12.7. The van der Waals surface area contributed by atoms with Crippen LogP contribution in [0, 0.1) is 29.6 Å². The molecule has 178 valence electrons. The number of benzene rings is 1. The molecule has 31 heavy (non-hydrogen) atoms. The Hall–Kier alpha value is -0.860. The van der Waals surface area contributed by atoms with E-state index in [1.807, 2.05) is 0 Å². The Morgan fingerprint density at radius 2 is 1.42 bits per heavy atom. The van der Waals surface area contributed by atoms with Crippen molar-refractivity contribution >= 4 is 0 Å². The summed E-state index contributed by atoms with van der Waals surface area (Å²) in [6, 6.07) is 10.2. The molecule has 2 heteroatoms. The van der Waals surface area contributed by atoms with Crippen molar-refractivity contribution in [3.63, 3.8) is 0 Å². The highest BCUT2D eigenvalue weighted by Crippen LogP contribution is 2.44. The molecule has 1 aromatic rings. The van der Waals surface area contributed by atoms with Gasteiger partial charge in [-0.1, -0.05) is 71.7 Å². The summed E-state index contributed by atoms with van der Waals surface area (Å²) >= 11 is 0. The van der Waals surface area contributed by atoms with Gasteiger partial charge < -0.3 is 9.80 Å². The van der Waals surface area contributed by atoms with E-state index in [1.54, 1.807) is 0 Å². The van der Waals surface area contributed by atoms with Gasteiger partial charge in [-0.05, 0) is 101 Å². The second kappa shape index (κ2) is 10.8. The summed E-state index contributed by atoms with van der Waals surface area (Å²) < 4.78 is 0.